The molecule has 0 aliphatic heterocycles. The van der Waals surface area contributed by atoms with Crippen molar-refractivity contribution in [1.82, 2.24) is 0 Å². The molecule has 248 valence electrons. The van der Waals surface area contributed by atoms with E-state index in [4.69, 9.17) is 4.42 Å². The van der Waals surface area contributed by atoms with Gasteiger partial charge in [-0.3, -0.25) is 0 Å². The monoisotopic (exact) mass is 685 g/mol. The summed E-state index contributed by atoms with van der Waals surface area (Å²) in [6.07, 6.45) is 5.47. The van der Waals surface area contributed by atoms with Crippen molar-refractivity contribution in [2.75, 3.05) is 4.90 Å². The molecule has 1 aliphatic rings. The summed E-state index contributed by atoms with van der Waals surface area (Å²) in [4.78, 5) is 2.43. The summed E-state index contributed by atoms with van der Waals surface area (Å²) >= 11 is 1.88. The van der Waals surface area contributed by atoms with Crippen molar-refractivity contribution in [1.29, 1.82) is 0 Å². The third kappa shape index (κ3) is 5.08. The molecule has 2 nitrogen and oxygen atoms in total. The van der Waals surface area contributed by atoms with Crippen LogP contribution in [0.5, 0.6) is 0 Å². The van der Waals surface area contributed by atoms with Crippen molar-refractivity contribution >= 4 is 65.6 Å². The van der Waals surface area contributed by atoms with Crippen LogP contribution in [0.1, 0.15) is 18.2 Å². The Labute approximate surface area is 307 Å². The van der Waals surface area contributed by atoms with Gasteiger partial charge in [0.2, 0.25) is 0 Å². The summed E-state index contributed by atoms with van der Waals surface area (Å²) in [5, 5.41) is 3.74. The molecule has 3 heteroatoms. The quantitative estimate of drug-likeness (QED) is 0.173. The molecule has 0 N–H and O–H groups in total. The van der Waals surface area contributed by atoms with E-state index in [-0.39, 0.29) is 0 Å². The largest absolute Gasteiger partial charge is 0.460 e. The van der Waals surface area contributed by atoms with Crippen LogP contribution in [0.15, 0.2) is 174 Å². The van der Waals surface area contributed by atoms with Gasteiger partial charge >= 0.3 is 0 Å². The standard InChI is InChI=1S/C49H35NOS/c1-32-26-28-39-41-22-12-21-40(47(41)51-46(39)30-32)38-29-27-36(31-44(38)34-16-7-3-8-17-34)50(35-18-9-4-10-19-35)45-25-13-24-43-42-23-11-20-37(48(42)52-49(43)45)33-14-5-2-6-15-33/h2-29,31-32H,30H2,1H3. The first-order valence-corrected chi connectivity index (χ1v) is 18.8. The van der Waals surface area contributed by atoms with Crippen molar-refractivity contribution in [3.8, 4) is 33.4 Å². The van der Waals surface area contributed by atoms with Gasteiger partial charge in [-0.25, -0.2) is 0 Å². The summed E-state index contributed by atoms with van der Waals surface area (Å²) < 4.78 is 9.29. The van der Waals surface area contributed by atoms with Gasteiger partial charge in [-0.2, -0.15) is 0 Å². The average Bonchev–Trinajstić information content (AvgIpc) is 3.78. The Bertz CT molecular complexity index is 2780. The van der Waals surface area contributed by atoms with Gasteiger partial charge in [0.25, 0.3) is 0 Å². The maximum atomic E-state index is 6.71. The zero-order chi connectivity index (χ0) is 34.6. The Morgan fingerprint density at radius 3 is 1.92 bits per heavy atom. The van der Waals surface area contributed by atoms with E-state index in [0.717, 1.165) is 46.0 Å². The zero-order valence-corrected chi connectivity index (χ0v) is 29.6. The lowest BCUT2D eigenvalue weighted by Crippen LogP contribution is -2.10. The van der Waals surface area contributed by atoms with Crippen LogP contribution in [-0.4, -0.2) is 0 Å². The first kappa shape index (κ1) is 30.6. The van der Waals surface area contributed by atoms with Crippen molar-refractivity contribution in [2.24, 2.45) is 5.92 Å². The van der Waals surface area contributed by atoms with E-state index in [1.807, 2.05) is 11.3 Å². The highest BCUT2D eigenvalue weighted by atomic mass is 32.1. The first-order valence-electron chi connectivity index (χ1n) is 18.0. The molecule has 52 heavy (non-hydrogen) atoms. The molecule has 1 atom stereocenters. The molecule has 0 saturated heterocycles. The van der Waals surface area contributed by atoms with Crippen molar-refractivity contribution in [2.45, 2.75) is 13.3 Å². The third-order valence-electron chi connectivity index (χ3n) is 10.4. The lowest BCUT2D eigenvalue weighted by atomic mass is 9.91. The van der Waals surface area contributed by atoms with E-state index in [2.05, 4.69) is 188 Å². The minimum atomic E-state index is 0.468. The second kappa shape index (κ2) is 12.6. The summed E-state index contributed by atoms with van der Waals surface area (Å²) in [5.74, 6) is 1.55. The Hall–Kier alpha value is -6.16. The number of furan rings is 1. The fourth-order valence-corrected chi connectivity index (χ4v) is 9.29. The Morgan fingerprint density at radius 1 is 0.538 bits per heavy atom. The van der Waals surface area contributed by atoms with Gasteiger partial charge in [0.05, 0.1) is 10.4 Å². The Morgan fingerprint density at radius 2 is 1.17 bits per heavy atom. The summed E-state index contributed by atoms with van der Waals surface area (Å²) in [7, 11) is 0. The molecule has 0 radical (unpaired) electrons. The van der Waals surface area contributed by atoms with Crippen molar-refractivity contribution in [3.05, 3.63) is 181 Å². The number of hydrogen-bond acceptors (Lipinski definition) is 3. The number of allylic oxidation sites excluding steroid dienone is 1. The molecule has 0 spiro atoms. The predicted octanol–water partition coefficient (Wildman–Crippen LogP) is 14.5. The van der Waals surface area contributed by atoms with E-state index >= 15 is 0 Å². The van der Waals surface area contributed by atoms with Crippen molar-refractivity contribution < 1.29 is 4.42 Å². The van der Waals surface area contributed by atoms with Crippen LogP contribution >= 0.6 is 11.3 Å². The topological polar surface area (TPSA) is 16.4 Å². The fourth-order valence-electron chi connectivity index (χ4n) is 7.95. The Balaban J connectivity index is 1.20. The summed E-state index contributed by atoms with van der Waals surface area (Å²) in [6.45, 7) is 2.25. The smallest absolute Gasteiger partial charge is 0.142 e. The third-order valence-corrected chi connectivity index (χ3v) is 11.7. The lowest BCUT2D eigenvalue weighted by Gasteiger charge is -2.27. The van der Waals surface area contributed by atoms with Gasteiger partial charge in [-0.15, -0.1) is 11.3 Å². The van der Waals surface area contributed by atoms with Crippen LogP contribution in [0.3, 0.4) is 0 Å². The zero-order valence-electron chi connectivity index (χ0n) is 28.8. The van der Waals surface area contributed by atoms with Gasteiger partial charge in [0.1, 0.15) is 11.3 Å². The number of rotatable bonds is 6. The van der Waals surface area contributed by atoms with Crippen molar-refractivity contribution in [3.63, 3.8) is 0 Å². The van der Waals surface area contributed by atoms with Gasteiger partial charge in [0, 0.05) is 49.8 Å². The van der Waals surface area contributed by atoms with E-state index in [1.54, 1.807) is 0 Å². The molecule has 0 amide bonds. The molecule has 1 unspecified atom stereocenters. The SMILES string of the molecule is CC1C=Cc2c(oc3c(-c4ccc(N(c5ccccc5)c5cccc6c5sc5c(-c7ccccc7)cccc56)cc4-c4ccccc4)cccc23)C1. The molecule has 0 fully saturated rings. The number of benzene rings is 7. The fraction of sp³-hybridized carbons (Fsp3) is 0.0612. The maximum Gasteiger partial charge on any atom is 0.142 e. The molecule has 10 rings (SSSR count). The maximum absolute atomic E-state index is 6.71. The van der Waals surface area contributed by atoms with Gasteiger partial charge in [-0.1, -0.05) is 153 Å². The molecule has 9 aromatic rings. The molecule has 7 aromatic carbocycles. The van der Waals surface area contributed by atoms with Gasteiger partial charge in [-0.05, 0) is 64.1 Å². The van der Waals surface area contributed by atoms with E-state index in [1.165, 1.54) is 53.4 Å². The molecule has 2 aromatic heterocycles. The van der Waals surface area contributed by atoms with E-state index in [9.17, 15) is 0 Å². The lowest BCUT2D eigenvalue weighted by molar-refractivity contribution is 0.514. The highest BCUT2D eigenvalue weighted by Gasteiger charge is 2.24. The van der Waals surface area contributed by atoms with Crippen LogP contribution < -0.4 is 4.90 Å². The molecule has 1 aliphatic carbocycles. The molecule has 0 bridgehead atoms. The van der Waals surface area contributed by atoms with Crippen LogP contribution in [-0.2, 0) is 6.42 Å². The minimum absolute atomic E-state index is 0.468. The van der Waals surface area contributed by atoms with E-state index < -0.39 is 0 Å². The van der Waals surface area contributed by atoms with Crippen LogP contribution in [0.25, 0.3) is 70.6 Å². The van der Waals surface area contributed by atoms with Crippen LogP contribution in [0.4, 0.5) is 17.1 Å². The number of hydrogen-bond donors (Lipinski definition) is 0. The highest BCUT2D eigenvalue weighted by molar-refractivity contribution is 7.27. The molecule has 0 saturated carbocycles. The number of thiophene rings is 1. The van der Waals surface area contributed by atoms with Gasteiger partial charge in [0.15, 0.2) is 0 Å². The number of fused-ring (bicyclic) bond motifs is 6. The second-order valence-electron chi connectivity index (χ2n) is 13.7. The predicted molar refractivity (Wildman–Crippen MR) is 222 cm³/mol. The summed E-state index contributed by atoms with van der Waals surface area (Å²) in [6, 6.07) is 59.2. The summed E-state index contributed by atoms with van der Waals surface area (Å²) in [5.41, 5.74) is 12.7. The van der Waals surface area contributed by atoms with E-state index in [0.29, 0.717) is 5.92 Å². The normalized spacial score (nSPS) is 13.9. The first-order chi connectivity index (χ1) is 25.7. The number of anilines is 3. The average molecular weight is 686 g/mol. The Kier molecular flexibility index (Phi) is 7.40. The number of para-hydroxylation sites is 2. The van der Waals surface area contributed by atoms with Crippen LogP contribution in [0.2, 0.25) is 0 Å². The second-order valence-corrected chi connectivity index (χ2v) is 14.8. The van der Waals surface area contributed by atoms with Crippen LogP contribution in [0, 0.1) is 5.92 Å². The number of nitrogens with zero attached hydrogens (tertiary/aromatic N) is 1. The molecule has 2 heterocycles. The molecular weight excluding hydrogens is 651 g/mol. The highest BCUT2D eigenvalue weighted by Crippen LogP contribution is 2.49. The minimum Gasteiger partial charge on any atom is -0.460 e. The van der Waals surface area contributed by atoms with Gasteiger partial charge < -0.3 is 9.32 Å². The molecular formula is C49H35NOS.